The molecular formula is C23H25N5O4S. The number of aromatic nitrogens is 3. The Hall–Kier alpha value is -3.53. The predicted octanol–water partition coefficient (Wildman–Crippen LogP) is 2.89. The minimum absolute atomic E-state index is 0.113. The molecule has 3 heterocycles. The zero-order valence-electron chi connectivity index (χ0n) is 18.7. The second-order valence-corrected chi connectivity index (χ2v) is 9.56. The number of fused-ring (bicyclic) bond motifs is 1. The van der Waals surface area contributed by atoms with Gasteiger partial charge in [-0.3, -0.25) is 19.7 Å². The molecule has 0 saturated heterocycles. The lowest BCUT2D eigenvalue weighted by molar-refractivity contribution is -0.132. The van der Waals surface area contributed by atoms with Crippen molar-refractivity contribution in [1.82, 2.24) is 19.7 Å². The Bertz CT molecular complexity index is 1280. The van der Waals surface area contributed by atoms with Gasteiger partial charge in [0.25, 0.3) is 11.5 Å². The molecule has 33 heavy (non-hydrogen) atoms. The van der Waals surface area contributed by atoms with Crippen LogP contribution in [-0.4, -0.2) is 43.1 Å². The van der Waals surface area contributed by atoms with Gasteiger partial charge in [0.05, 0.1) is 17.9 Å². The smallest absolute Gasteiger partial charge is 0.281 e. The molecule has 0 fully saturated rings. The van der Waals surface area contributed by atoms with E-state index in [1.54, 1.807) is 18.2 Å². The van der Waals surface area contributed by atoms with Crippen LogP contribution >= 0.6 is 11.3 Å². The average Bonchev–Trinajstić information content (AvgIpc) is 3.14. The largest absolute Gasteiger partial charge is 0.505 e. The van der Waals surface area contributed by atoms with Crippen LogP contribution in [0.3, 0.4) is 0 Å². The zero-order valence-corrected chi connectivity index (χ0v) is 19.5. The maximum Gasteiger partial charge on any atom is 0.281 e. The lowest BCUT2D eigenvalue weighted by atomic mass is 10.1. The Balaban J connectivity index is 1.54. The van der Waals surface area contributed by atoms with Crippen molar-refractivity contribution in [2.24, 2.45) is 5.92 Å². The molecule has 9 nitrogen and oxygen atoms in total. The summed E-state index contributed by atoms with van der Waals surface area (Å²) in [5.74, 6) is -0.776. The first kappa shape index (κ1) is 22.7. The van der Waals surface area contributed by atoms with Gasteiger partial charge in [0.2, 0.25) is 5.91 Å². The number of anilines is 1. The number of aromatic hydroxyl groups is 1. The Labute approximate surface area is 194 Å². The van der Waals surface area contributed by atoms with E-state index in [9.17, 15) is 19.5 Å². The molecule has 2 N–H and O–H groups in total. The van der Waals surface area contributed by atoms with E-state index in [0.717, 1.165) is 26.9 Å². The summed E-state index contributed by atoms with van der Waals surface area (Å²) in [6.45, 7) is 6.97. The zero-order chi connectivity index (χ0) is 23.7. The van der Waals surface area contributed by atoms with Crippen LogP contribution in [0.4, 0.5) is 5.13 Å². The molecule has 4 rings (SSSR count). The molecule has 172 valence electrons. The lowest BCUT2D eigenvalue weighted by Crippen LogP contribution is -2.36. The summed E-state index contributed by atoms with van der Waals surface area (Å²) in [6.07, 6.45) is 1.12. The van der Waals surface area contributed by atoms with E-state index in [1.165, 1.54) is 11.3 Å². The molecule has 0 spiro atoms. The lowest BCUT2D eigenvalue weighted by Gasteiger charge is -2.26. The standard InChI is InChI=1S/C23H25N5O4S/c1-13(2)9-19(30)27-8-7-16-18(12-27)33-23(24-16)25-22(32)21-17(29)11-20(31)28(26-21)15-6-4-5-14(3)10-15/h4-6,10-11,13,29H,7-9,12H2,1-3H3,(H,24,25,32). The topological polar surface area (TPSA) is 117 Å². The number of benzene rings is 1. The third kappa shape index (κ3) is 4.95. The van der Waals surface area contributed by atoms with E-state index >= 15 is 0 Å². The van der Waals surface area contributed by atoms with Gasteiger partial charge in [0, 0.05) is 30.3 Å². The first-order chi connectivity index (χ1) is 15.7. The molecule has 1 aliphatic heterocycles. The van der Waals surface area contributed by atoms with Crippen LogP contribution in [0.1, 0.15) is 46.9 Å². The molecule has 0 unspecified atom stereocenters. The Morgan fingerprint density at radius 1 is 1.27 bits per heavy atom. The molecule has 2 aromatic heterocycles. The van der Waals surface area contributed by atoms with E-state index in [0.29, 0.717) is 42.7 Å². The van der Waals surface area contributed by atoms with Crippen molar-refractivity contribution in [2.45, 2.75) is 40.2 Å². The second-order valence-electron chi connectivity index (χ2n) is 8.47. The van der Waals surface area contributed by atoms with Crippen molar-refractivity contribution >= 4 is 28.3 Å². The maximum atomic E-state index is 12.9. The first-order valence-electron chi connectivity index (χ1n) is 10.7. The van der Waals surface area contributed by atoms with Crippen molar-refractivity contribution in [3.63, 3.8) is 0 Å². The minimum atomic E-state index is -0.673. The van der Waals surface area contributed by atoms with Crippen molar-refractivity contribution < 1.29 is 14.7 Å². The van der Waals surface area contributed by atoms with E-state index in [4.69, 9.17) is 0 Å². The van der Waals surface area contributed by atoms with Crippen LogP contribution in [0, 0.1) is 12.8 Å². The van der Waals surface area contributed by atoms with Crippen LogP contribution in [0.15, 0.2) is 35.1 Å². The highest BCUT2D eigenvalue weighted by Crippen LogP contribution is 2.29. The van der Waals surface area contributed by atoms with Gasteiger partial charge >= 0.3 is 0 Å². The number of aryl methyl sites for hydroxylation is 1. The average molecular weight is 468 g/mol. The van der Waals surface area contributed by atoms with Gasteiger partial charge in [0.15, 0.2) is 16.6 Å². The van der Waals surface area contributed by atoms with Gasteiger partial charge in [-0.2, -0.15) is 9.78 Å². The van der Waals surface area contributed by atoms with Gasteiger partial charge in [-0.15, -0.1) is 0 Å². The van der Waals surface area contributed by atoms with Crippen LogP contribution in [0.25, 0.3) is 5.69 Å². The van der Waals surface area contributed by atoms with Crippen molar-refractivity contribution in [3.05, 3.63) is 62.5 Å². The normalized spacial score (nSPS) is 13.2. The fourth-order valence-corrected chi connectivity index (χ4v) is 4.67. The quantitative estimate of drug-likeness (QED) is 0.596. The molecule has 3 aromatic rings. The second kappa shape index (κ2) is 9.14. The molecular weight excluding hydrogens is 442 g/mol. The van der Waals surface area contributed by atoms with Crippen LogP contribution in [0.2, 0.25) is 0 Å². The van der Waals surface area contributed by atoms with E-state index in [2.05, 4.69) is 15.4 Å². The summed E-state index contributed by atoms with van der Waals surface area (Å²) in [5.41, 5.74) is 1.44. The molecule has 10 heteroatoms. The summed E-state index contributed by atoms with van der Waals surface area (Å²) >= 11 is 1.30. The highest BCUT2D eigenvalue weighted by molar-refractivity contribution is 7.15. The first-order valence-corrected chi connectivity index (χ1v) is 11.5. The van der Waals surface area contributed by atoms with E-state index in [1.807, 2.05) is 31.7 Å². The molecule has 0 atom stereocenters. The van der Waals surface area contributed by atoms with Crippen molar-refractivity contribution in [1.29, 1.82) is 0 Å². The third-order valence-corrected chi connectivity index (χ3v) is 6.26. The van der Waals surface area contributed by atoms with Gasteiger partial charge in [0.1, 0.15) is 0 Å². The highest BCUT2D eigenvalue weighted by Gasteiger charge is 2.26. The third-order valence-electron chi connectivity index (χ3n) is 5.26. The summed E-state index contributed by atoms with van der Waals surface area (Å²) in [4.78, 5) is 44.8. The highest BCUT2D eigenvalue weighted by atomic mass is 32.1. The van der Waals surface area contributed by atoms with E-state index in [-0.39, 0.29) is 11.6 Å². The number of hydrogen-bond acceptors (Lipinski definition) is 7. The van der Waals surface area contributed by atoms with Gasteiger partial charge < -0.3 is 10.0 Å². The number of carbonyl (C=O) groups is 2. The fourth-order valence-electron chi connectivity index (χ4n) is 3.65. The number of nitrogens with zero attached hydrogens (tertiary/aromatic N) is 4. The molecule has 0 radical (unpaired) electrons. The molecule has 2 amide bonds. The molecule has 0 saturated carbocycles. The summed E-state index contributed by atoms with van der Waals surface area (Å²) in [7, 11) is 0. The minimum Gasteiger partial charge on any atom is -0.505 e. The Morgan fingerprint density at radius 2 is 2.06 bits per heavy atom. The number of nitrogens with one attached hydrogen (secondary N) is 1. The van der Waals surface area contributed by atoms with Gasteiger partial charge in [-0.1, -0.05) is 37.3 Å². The SMILES string of the molecule is Cc1cccc(-n2nc(C(=O)Nc3nc4c(s3)CN(C(=O)CC(C)C)CC4)c(O)cc2=O)c1. The number of amides is 2. The van der Waals surface area contributed by atoms with E-state index < -0.39 is 17.2 Å². The number of carbonyl (C=O) groups excluding carboxylic acids is 2. The monoisotopic (exact) mass is 467 g/mol. The van der Waals surface area contributed by atoms with Crippen LogP contribution < -0.4 is 10.9 Å². The molecule has 0 bridgehead atoms. The van der Waals surface area contributed by atoms with Gasteiger partial charge in [-0.05, 0) is 30.5 Å². The number of thiazole rings is 1. The Kier molecular flexibility index (Phi) is 6.28. The van der Waals surface area contributed by atoms with Gasteiger partial charge in [-0.25, -0.2) is 4.98 Å². The van der Waals surface area contributed by atoms with Crippen molar-refractivity contribution in [2.75, 3.05) is 11.9 Å². The number of rotatable bonds is 5. The van der Waals surface area contributed by atoms with Crippen LogP contribution in [0.5, 0.6) is 5.75 Å². The molecule has 1 aliphatic rings. The summed E-state index contributed by atoms with van der Waals surface area (Å²) in [6, 6.07) is 8.08. The fraction of sp³-hybridized carbons (Fsp3) is 0.348. The number of hydrogen-bond donors (Lipinski definition) is 2. The summed E-state index contributed by atoms with van der Waals surface area (Å²) < 4.78 is 1.08. The predicted molar refractivity (Wildman–Crippen MR) is 125 cm³/mol. The molecule has 1 aromatic carbocycles. The summed E-state index contributed by atoms with van der Waals surface area (Å²) in [5, 5.41) is 17.3. The molecule has 0 aliphatic carbocycles. The maximum absolute atomic E-state index is 12.9. The Morgan fingerprint density at radius 3 is 2.79 bits per heavy atom. The van der Waals surface area contributed by atoms with Crippen molar-refractivity contribution in [3.8, 4) is 11.4 Å². The van der Waals surface area contributed by atoms with Crippen LogP contribution in [-0.2, 0) is 17.8 Å².